The quantitative estimate of drug-likeness (QED) is 0.0915. The highest BCUT2D eigenvalue weighted by molar-refractivity contribution is 5.91. The van der Waals surface area contributed by atoms with Gasteiger partial charge in [-0.1, -0.05) is 67.5 Å². The summed E-state index contributed by atoms with van der Waals surface area (Å²) in [6, 6.07) is 13.9. The lowest BCUT2D eigenvalue weighted by atomic mass is 9.93. The van der Waals surface area contributed by atoms with Gasteiger partial charge in [0, 0.05) is 75.0 Å². The molecule has 0 fully saturated rings. The summed E-state index contributed by atoms with van der Waals surface area (Å²) in [6.07, 6.45) is 13.8. The van der Waals surface area contributed by atoms with Gasteiger partial charge >= 0.3 is 0 Å². The predicted octanol–water partition coefficient (Wildman–Crippen LogP) is 11.1. The number of rotatable bonds is 6. The van der Waals surface area contributed by atoms with Crippen LogP contribution >= 0.6 is 0 Å². The number of aromatic amines is 5. The van der Waals surface area contributed by atoms with Crippen molar-refractivity contribution in [3.05, 3.63) is 125 Å². The van der Waals surface area contributed by atoms with Crippen LogP contribution in [0.3, 0.4) is 0 Å². The van der Waals surface area contributed by atoms with Crippen molar-refractivity contribution < 1.29 is 0 Å². The second kappa shape index (κ2) is 21.7. The van der Waals surface area contributed by atoms with E-state index in [9.17, 15) is 0 Å². The van der Waals surface area contributed by atoms with Crippen molar-refractivity contribution in [3.8, 4) is 0 Å². The first kappa shape index (κ1) is 47.5. The molecule has 67 heavy (non-hydrogen) atoms. The molecular weight excluding hydrogens is 839 g/mol. The molecule has 6 N–H and O–H groups in total. The number of aryl methyl sites for hydroxylation is 3. The second-order valence-electron chi connectivity index (χ2n) is 17.9. The Morgan fingerprint density at radius 1 is 0.537 bits per heavy atom. The molecule has 9 heterocycles. The van der Waals surface area contributed by atoms with E-state index in [2.05, 4.69) is 142 Å². The minimum atomic E-state index is 0.431. The van der Waals surface area contributed by atoms with E-state index >= 15 is 0 Å². The maximum Gasteiger partial charge on any atom is 0.184 e. The largest absolute Gasteiger partial charge is 0.323 e. The van der Waals surface area contributed by atoms with Crippen LogP contribution in [-0.4, -0.2) is 80.9 Å². The molecule has 9 aromatic heterocycles. The summed E-state index contributed by atoms with van der Waals surface area (Å²) in [5, 5.41) is 43.8. The number of hydrogen-bond acceptors (Lipinski definition) is 12. The molecule has 0 atom stereocenters. The third-order valence-corrected chi connectivity index (χ3v) is 11.6. The highest BCUT2D eigenvalue weighted by Gasteiger charge is 2.18. The summed E-state index contributed by atoms with van der Waals surface area (Å²) in [6.45, 7) is 23.1. The minimum Gasteiger partial charge on any atom is -0.323 e. The van der Waals surface area contributed by atoms with Crippen LogP contribution in [0.25, 0.3) is 43.9 Å². The van der Waals surface area contributed by atoms with Gasteiger partial charge in [0.1, 0.15) is 18.0 Å². The lowest BCUT2D eigenvalue weighted by Gasteiger charge is -2.12. The zero-order valence-electron chi connectivity index (χ0n) is 40.5. The minimum absolute atomic E-state index is 0.431. The SMILES string of the molecule is CC(C)c1[nH]nc2ccncc12.CC(C)c1[nH]nc2ncccc12.CC(C)c1[nH]nc2ncncc12.CC(C)c1n[nH]c2c1CCCC2.Cc1nc(C)c(C)c(Nc2n[nH]c3ccccc23)n1. The zero-order chi connectivity index (χ0) is 47.6. The average molecular weight is 902 g/mol. The maximum atomic E-state index is 4.44. The van der Waals surface area contributed by atoms with Gasteiger partial charge in [-0.05, 0) is 106 Å². The normalized spacial score (nSPS) is 12.1. The Hall–Kier alpha value is -7.43. The molecule has 0 saturated carbocycles. The van der Waals surface area contributed by atoms with Gasteiger partial charge < -0.3 is 5.32 Å². The number of benzene rings is 1. The number of fused-ring (bicyclic) bond motifs is 5. The molecule has 348 valence electrons. The van der Waals surface area contributed by atoms with E-state index in [0.29, 0.717) is 23.7 Å². The van der Waals surface area contributed by atoms with Crippen LogP contribution in [0.5, 0.6) is 0 Å². The van der Waals surface area contributed by atoms with E-state index in [1.165, 1.54) is 49.0 Å². The van der Waals surface area contributed by atoms with E-state index in [4.69, 9.17) is 0 Å². The van der Waals surface area contributed by atoms with Crippen molar-refractivity contribution in [2.45, 2.75) is 126 Å². The van der Waals surface area contributed by atoms with E-state index in [1.807, 2.05) is 69.4 Å². The van der Waals surface area contributed by atoms with Crippen molar-refractivity contribution in [1.29, 1.82) is 0 Å². The predicted molar refractivity (Wildman–Crippen MR) is 267 cm³/mol. The van der Waals surface area contributed by atoms with Gasteiger partial charge in [-0.3, -0.25) is 30.5 Å². The Kier molecular flexibility index (Phi) is 15.4. The molecule has 10 aromatic rings. The van der Waals surface area contributed by atoms with Gasteiger partial charge in [0.15, 0.2) is 17.1 Å². The van der Waals surface area contributed by atoms with Crippen molar-refractivity contribution in [1.82, 2.24) is 80.9 Å². The van der Waals surface area contributed by atoms with Crippen LogP contribution in [-0.2, 0) is 12.8 Å². The highest BCUT2D eigenvalue weighted by Crippen LogP contribution is 2.28. The fourth-order valence-electron chi connectivity index (χ4n) is 7.88. The van der Waals surface area contributed by atoms with Crippen LogP contribution in [0.2, 0.25) is 0 Å². The van der Waals surface area contributed by atoms with Crippen LogP contribution < -0.4 is 5.32 Å². The van der Waals surface area contributed by atoms with Crippen molar-refractivity contribution in [3.63, 3.8) is 0 Å². The molecule has 1 aliphatic carbocycles. The van der Waals surface area contributed by atoms with E-state index in [1.54, 1.807) is 18.6 Å². The van der Waals surface area contributed by atoms with Gasteiger partial charge in [-0.25, -0.2) is 24.9 Å². The smallest absolute Gasteiger partial charge is 0.184 e. The number of aromatic nitrogens is 16. The molecule has 0 saturated heterocycles. The van der Waals surface area contributed by atoms with E-state index in [-0.39, 0.29) is 0 Å². The first-order chi connectivity index (χ1) is 32.3. The zero-order valence-corrected chi connectivity index (χ0v) is 40.5. The molecule has 0 radical (unpaired) electrons. The summed E-state index contributed by atoms with van der Waals surface area (Å²) in [4.78, 5) is 25.0. The van der Waals surface area contributed by atoms with Crippen LogP contribution in [0.1, 0.15) is 143 Å². The number of H-pyrrole nitrogens is 5. The number of nitrogens with zero attached hydrogens (tertiary/aromatic N) is 11. The van der Waals surface area contributed by atoms with Crippen LogP contribution in [0, 0.1) is 20.8 Å². The van der Waals surface area contributed by atoms with E-state index < -0.39 is 0 Å². The van der Waals surface area contributed by atoms with Crippen molar-refractivity contribution in [2.24, 2.45) is 0 Å². The Balaban J connectivity index is 0.000000126. The molecule has 17 nitrogen and oxygen atoms in total. The molecule has 0 aliphatic heterocycles. The average Bonchev–Trinajstić information content (AvgIpc) is 4.18. The molecular formula is C50H63N17. The summed E-state index contributed by atoms with van der Waals surface area (Å²) in [5.41, 5.74) is 13.2. The molecule has 17 heteroatoms. The topological polar surface area (TPSA) is 233 Å². The number of pyridine rings is 2. The van der Waals surface area contributed by atoms with Gasteiger partial charge in [0.25, 0.3) is 0 Å². The fraction of sp³-hybridized carbons (Fsp3) is 0.380. The van der Waals surface area contributed by atoms with Crippen molar-refractivity contribution >= 4 is 55.5 Å². The molecule has 1 aliphatic rings. The third-order valence-electron chi connectivity index (χ3n) is 11.6. The van der Waals surface area contributed by atoms with Crippen LogP contribution in [0.15, 0.2) is 73.6 Å². The summed E-state index contributed by atoms with van der Waals surface area (Å²) < 4.78 is 0. The standard InChI is InChI=1S/C14H15N5.C10H16N2.2C9H11N3.C8H10N4/c1-8-9(2)15-10(3)16-13(8)17-14-11-6-4-5-7-12(11)18-19-14;1-7(2)10-8-5-3-4-6-9(8)11-12-10;1-6(2)9-7-5-10-4-3-8(7)11-12-9;1-6(2)8-7-4-3-5-10-9(7)12-11-8;1-5(2)7-6-3-9-4-10-8(6)12-11-7/h4-7H,1-3H3,(H2,15,16,17,18,19);7H,3-6H2,1-2H3,(H,11,12);3-6H,1-2H3,(H,11,12);3-6H,1-2H3,(H,10,11,12);3-5H,1-2H3,(H,9,10,11,12). The number of nitrogens with one attached hydrogen (secondary N) is 6. The molecule has 0 bridgehead atoms. The Morgan fingerprint density at radius 2 is 1.19 bits per heavy atom. The Bertz CT molecular complexity index is 2960. The second-order valence-corrected chi connectivity index (χ2v) is 17.9. The van der Waals surface area contributed by atoms with Crippen LogP contribution in [0.4, 0.5) is 11.6 Å². The fourth-order valence-corrected chi connectivity index (χ4v) is 7.88. The number of anilines is 2. The number of hydrogen-bond donors (Lipinski definition) is 6. The van der Waals surface area contributed by atoms with Gasteiger partial charge in [-0.15, -0.1) is 0 Å². The Morgan fingerprint density at radius 3 is 1.94 bits per heavy atom. The Labute approximate surface area is 390 Å². The van der Waals surface area contributed by atoms with E-state index in [0.717, 1.165) is 89.7 Å². The summed E-state index contributed by atoms with van der Waals surface area (Å²) in [7, 11) is 0. The molecule has 0 amide bonds. The lowest BCUT2D eigenvalue weighted by molar-refractivity contribution is 0.668. The van der Waals surface area contributed by atoms with Gasteiger partial charge in [0.05, 0.1) is 22.1 Å². The molecule has 0 spiro atoms. The first-order valence-electron chi connectivity index (χ1n) is 23.1. The van der Waals surface area contributed by atoms with Gasteiger partial charge in [-0.2, -0.15) is 25.5 Å². The maximum absolute atomic E-state index is 4.44. The van der Waals surface area contributed by atoms with Gasteiger partial charge in [0.2, 0.25) is 0 Å². The molecule has 0 unspecified atom stereocenters. The monoisotopic (exact) mass is 902 g/mol. The molecule has 1 aromatic carbocycles. The van der Waals surface area contributed by atoms with Crippen molar-refractivity contribution in [2.75, 3.05) is 5.32 Å². The highest BCUT2D eigenvalue weighted by atomic mass is 15.2. The summed E-state index contributed by atoms with van der Waals surface area (Å²) in [5.74, 6) is 4.30. The first-order valence-corrected chi connectivity index (χ1v) is 23.1. The number of para-hydroxylation sites is 1. The third kappa shape index (κ3) is 11.3. The lowest BCUT2D eigenvalue weighted by Crippen LogP contribution is -2.03. The molecule has 11 rings (SSSR count). The summed E-state index contributed by atoms with van der Waals surface area (Å²) >= 11 is 0.